The minimum atomic E-state index is -0.446. The van der Waals surface area contributed by atoms with E-state index in [1.54, 1.807) is 0 Å². The summed E-state index contributed by atoms with van der Waals surface area (Å²) in [6.45, 7) is 26.9. The van der Waals surface area contributed by atoms with E-state index >= 15 is 0 Å². The molecule has 1 aliphatic heterocycles. The van der Waals surface area contributed by atoms with Gasteiger partial charge in [0.15, 0.2) is 12.6 Å². The molecule has 1 heterocycles. The van der Waals surface area contributed by atoms with Gasteiger partial charge in [-0.25, -0.2) is 0 Å². The van der Waals surface area contributed by atoms with Crippen molar-refractivity contribution in [1.29, 1.82) is 0 Å². The Balaban J connectivity index is 2.84. The molecule has 1 rings (SSSR count). The summed E-state index contributed by atoms with van der Waals surface area (Å²) in [6, 6.07) is 0. The van der Waals surface area contributed by atoms with Crippen LogP contribution < -0.4 is 0 Å². The largest absolute Gasteiger partial charge is 0.345 e. The summed E-state index contributed by atoms with van der Waals surface area (Å²) in [4.78, 5) is 0. The first-order chi connectivity index (χ1) is 11.2. The highest BCUT2D eigenvalue weighted by atomic mass is 31.1. The fourth-order valence-electron chi connectivity index (χ4n) is 3.61. The van der Waals surface area contributed by atoms with E-state index in [9.17, 15) is 0 Å². The summed E-state index contributed by atoms with van der Waals surface area (Å²) in [7, 11) is -0.609. The summed E-state index contributed by atoms with van der Waals surface area (Å²) in [6.07, 6.45) is 1.69. The lowest BCUT2D eigenvalue weighted by Crippen LogP contribution is -2.33. The van der Waals surface area contributed by atoms with Crippen LogP contribution in [0.4, 0.5) is 0 Å². The van der Waals surface area contributed by atoms with Crippen molar-refractivity contribution in [2.24, 2.45) is 0 Å². The molecule has 0 aromatic carbocycles. The molecule has 0 N–H and O–H groups in total. The molecular formula is C20H40O3P2. The Hall–Kier alpha value is 0.480. The Morgan fingerprint density at radius 1 is 0.840 bits per heavy atom. The van der Waals surface area contributed by atoms with Gasteiger partial charge in [-0.05, 0) is 58.3 Å². The molecule has 5 heteroatoms. The lowest BCUT2D eigenvalue weighted by molar-refractivity contribution is -0.245. The van der Waals surface area contributed by atoms with Gasteiger partial charge in [0, 0.05) is 0 Å². The predicted octanol–water partition coefficient (Wildman–Crippen LogP) is 6.55. The second-order valence-electron chi connectivity index (χ2n) is 9.09. The van der Waals surface area contributed by atoms with E-state index < -0.39 is 7.92 Å². The lowest BCUT2D eigenvalue weighted by atomic mass is 10.2. The zero-order valence-electron chi connectivity index (χ0n) is 18.0. The third kappa shape index (κ3) is 7.55. The fraction of sp³-hybridized carbons (Fsp3) is 0.900. The Labute approximate surface area is 158 Å². The summed E-state index contributed by atoms with van der Waals surface area (Å²) in [5, 5.41) is 0.650. The van der Waals surface area contributed by atoms with Crippen molar-refractivity contribution in [2.75, 3.05) is 12.3 Å². The molecule has 4 atom stereocenters. The summed E-state index contributed by atoms with van der Waals surface area (Å²) >= 11 is 0. The minimum Gasteiger partial charge on any atom is -0.345 e. The molecule has 1 fully saturated rings. The van der Waals surface area contributed by atoms with E-state index in [2.05, 4.69) is 62.0 Å². The number of hydrogen-bond acceptors (Lipinski definition) is 3. The Bertz CT molecular complexity index is 409. The molecule has 0 aromatic rings. The average molecular weight is 390 g/mol. The summed E-state index contributed by atoms with van der Waals surface area (Å²) < 4.78 is 17.8. The molecular weight excluding hydrogens is 350 g/mol. The highest BCUT2D eigenvalue weighted by molar-refractivity contribution is 7.61. The van der Waals surface area contributed by atoms with Crippen LogP contribution in [0.15, 0.2) is 12.2 Å². The maximum Gasteiger partial charge on any atom is 0.158 e. The molecule has 0 aromatic heterocycles. The van der Waals surface area contributed by atoms with Crippen LogP contribution >= 0.6 is 15.8 Å². The third-order valence-electron chi connectivity index (χ3n) is 4.50. The van der Waals surface area contributed by atoms with Crippen LogP contribution in [0.1, 0.15) is 69.2 Å². The van der Waals surface area contributed by atoms with E-state index in [4.69, 9.17) is 14.2 Å². The maximum absolute atomic E-state index is 6.08. The van der Waals surface area contributed by atoms with Crippen molar-refractivity contribution in [3.63, 3.8) is 0 Å². The monoisotopic (exact) mass is 390 g/mol. The quantitative estimate of drug-likeness (QED) is 0.402. The van der Waals surface area contributed by atoms with Crippen molar-refractivity contribution in [1.82, 2.24) is 0 Å². The van der Waals surface area contributed by atoms with E-state index in [0.717, 1.165) is 12.3 Å². The van der Waals surface area contributed by atoms with Crippen LogP contribution in [-0.2, 0) is 14.2 Å². The zero-order valence-corrected chi connectivity index (χ0v) is 19.8. The van der Waals surface area contributed by atoms with E-state index in [1.165, 1.54) is 5.57 Å². The van der Waals surface area contributed by atoms with Crippen molar-refractivity contribution in [2.45, 2.75) is 104 Å². The second kappa shape index (κ2) is 9.11. The molecule has 4 unspecified atom stereocenters. The van der Waals surface area contributed by atoms with Gasteiger partial charge < -0.3 is 14.2 Å². The summed E-state index contributed by atoms with van der Waals surface area (Å²) in [5.74, 6) is 0.305. The molecule has 0 saturated carbocycles. The van der Waals surface area contributed by atoms with Gasteiger partial charge in [-0.2, -0.15) is 0 Å². The molecule has 0 radical (unpaired) electrons. The number of ether oxygens (including phenoxy) is 3. The van der Waals surface area contributed by atoms with Gasteiger partial charge in [0.25, 0.3) is 0 Å². The van der Waals surface area contributed by atoms with Crippen molar-refractivity contribution in [3.05, 3.63) is 12.2 Å². The highest BCUT2D eigenvalue weighted by Crippen LogP contribution is 2.61. The van der Waals surface area contributed by atoms with Gasteiger partial charge in [0.2, 0.25) is 0 Å². The standard InChI is InChI=1S/C20H40O3P2/c1-14(13-25(19(6,7)8)20(9,10)11)12-24-17(4)22-15(2)21-16(3)23-18(24)5/h15-18H,1,12-13H2,2-11H3. The SMILES string of the molecule is C=C(CP1C(C)OC(C)OC(C)OC1C)CP(C(C)(C)C)C(C)(C)C. The number of allylic oxidation sites excluding steroid dienone is 1. The highest BCUT2D eigenvalue weighted by Gasteiger charge is 2.36. The fourth-order valence-corrected chi connectivity index (χ4v) is 9.70. The van der Waals surface area contributed by atoms with E-state index in [1.807, 2.05) is 13.8 Å². The number of hydrogen-bond donors (Lipinski definition) is 0. The van der Waals surface area contributed by atoms with Gasteiger partial charge >= 0.3 is 0 Å². The zero-order chi connectivity index (χ0) is 19.6. The molecule has 1 aliphatic rings. The lowest BCUT2D eigenvalue weighted by Gasteiger charge is -2.43. The smallest absolute Gasteiger partial charge is 0.158 e. The first kappa shape index (κ1) is 23.5. The van der Waals surface area contributed by atoms with Gasteiger partial charge in [-0.15, -0.1) is 0 Å². The molecule has 148 valence electrons. The van der Waals surface area contributed by atoms with Gasteiger partial charge in [-0.3, -0.25) is 0 Å². The van der Waals surface area contributed by atoms with Crippen LogP contribution in [0.25, 0.3) is 0 Å². The van der Waals surface area contributed by atoms with Crippen LogP contribution in [-0.4, -0.2) is 46.9 Å². The first-order valence-electron chi connectivity index (χ1n) is 9.38. The number of rotatable bonds is 4. The Morgan fingerprint density at radius 2 is 1.24 bits per heavy atom. The van der Waals surface area contributed by atoms with E-state index in [0.29, 0.717) is 10.3 Å². The van der Waals surface area contributed by atoms with Gasteiger partial charge in [-0.1, -0.05) is 61.6 Å². The van der Waals surface area contributed by atoms with Gasteiger partial charge in [0.05, 0.1) is 11.7 Å². The molecule has 0 bridgehead atoms. The van der Waals surface area contributed by atoms with Crippen molar-refractivity contribution >= 4 is 15.8 Å². The minimum absolute atomic E-state index is 0.153. The normalized spacial score (nSPS) is 32.4. The summed E-state index contributed by atoms with van der Waals surface area (Å²) in [5.41, 5.74) is 1.36. The molecule has 0 spiro atoms. The molecule has 3 nitrogen and oxygen atoms in total. The molecule has 0 amide bonds. The third-order valence-corrected chi connectivity index (χ3v) is 11.4. The van der Waals surface area contributed by atoms with Gasteiger partial charge in [0.1, 0.15) is 0 Å². The first-order valence-corrected chi connectivity index (χ1v) is 12.6. The average Bonchev–Trinajstić information content (AvgIpc) is 2.37. The van der Waals surface area contributed by atoms with Crippen molar-refractivity contribution in [3.8, 4) is 0 Å². The van der Waals surface area contributed by atoms with Crippen LogP contribution in [0, 0.1) is 0 Å². The maximum atomic E-state index is 6.08. The molecule has 1 saturated heterocycles. The van der Waals surface area contributed by atoms with Crippen LogP contribution in [0.3, 0.4) is 0 Å². The van der Waals surface area contributed by atoms with E-state index in [-0.39, 0.29) is 32.2 Å². The topological polar surface area (TPSA) is 27.7 Å². The van der Waals surface area contributed by atoms with Crippen LogP contribution in [0.2, 0.25) is 0 Å². The molecule has 0 aliphatic carbocycles. The van der Waals surface area contributed by atoms with Crippen molar-refractivity contribution < 1.29 is 14.2 Å². The Morgan fingerprint density at radius 3 is 1.60 bits per heavy atom. The van der Waals surface area contributed by atoms with Crippen LogP contribution in [0.5, 0.6) is 0 Å². The molecule has 25 heavy (non-hydrogen) atoms. The predicted molar refractivity (Wildman–Crippen MR) is 113 cm³/mol. The second-order valence-corrected chi connectivity index (χ2v) is 15.7. The Kier molecular flexibility index (Phi) is 8.57.